The van der Waals surface area contributed by atoms with Crippen molar-refractivity contribution in [2.45, 2.75) is 19.4 Å². The van der Waals surface area contributed by atoms with Crippen molar-refractivity contribution in [2.24, 2.45) is 10.9 Å². The number of halogens is 2. The second-order valence-electron chi connectivity index (χ2n) is 3.74. The smallest absolute Gasteiger partial charge is 0.225 e. The molecule has 0 saturated heterocycles. The first-order valence-corrected chi connectivity index (χ1v) is 5.14. The zero-order chi connectivity index (χ0) is 13.7. The third-order valence-electron chi connectivity index (χ3n) is 2.29. The SMILES string of the molecule is CC(NC(=O)Cc1ccc(F)c(F)c1)C(N)=NO. The quantitative estimate of drug-likeness (QED) is 0.322. The van der Waals surface area contributed by atoms with Gasteiger partial charge in [0.05, 0.1) is 12.5 Å². The van der Waals surface area contributed by atoms with E-state index in [2.05, 4.69) is 10.5 Å². The number of benzene rings is 1. The molecule has 0 aliphatic carbocycles. The van der Waals surface area contributed by atoms with Gasteiger partial charge in [-0.2, -0.15) is 0 Å². The van der Waals surface area contributed by atoms with E-state index in [1.165, 1.54) is 13.0 Å². The maximum atomic E-state index is 12.9. The van der Waals surface area contributed by atoms with E-state index in [1.807, 2.05) is 0 Å². The van der Waals surface area contributed by atoms with E-state index in [-0.39, 0.29) is 12.3 Å². The summed E-state index contributed by atoms with van der Waals surface area (Å²) in [6, 6.07) is 2.56. The summed E-state index contributed by atoms with van der Waals surface area (Å²) in [6.45, 7) is 1.53. The Morgan fingerprint density at radius 2 is 2.17 bits per heavy atom. The topological polar surface area (TPSA) is 87.7 Å². The number of carbonyl (C=O) groups is 1. The minimum Gasteiger partial charge on any atom is -0.409 e. The van der Waals surface area contributed by atoms with Crippen LogP contribution in [0.25, 0.3) is 0 Å². The van der Waals surface area contributed by atoms with E-state index >= 15 is 0 Å². The molecule has 1 aromatic rings. The summed E-state index contributed by atoms with van der Waals surface area (Å²) in [7, 11) is 0. The van der Waals surface area contributed by atoms with Crippen LogP contribution in [0.1, 0.15) is 12.5 Å². The Bertz CT molecular complexity index is 477. The van der Waals surface area contributed by atoms with E-state index in [0.717, 1.165) is 12.1 Å². The first kappa shape index (κ1) is 13.9. The molecule has 0 aliphatic heterocycles. The lowest BCUT2D eigenvalue weighted by molar-refractivity contribution is -0.120. The highest BCUT2D eigenvalue weighted by Gasteiger charge is 2.12. The molecule has 18 heavy (non-hydrogen) atoms. The molecule has 0 saturated carbocycles. The Kier molecular flexibility index (Phi) is 4.59. The lowest BCUT2D eigenvalue weighted by atomic mass is 10.1. The van der Waals surface area contributed by atoms with Crippen LogP contribution in [0.5, 0.6) is 0 Å². The molecule has 1 unspecified atom stereocenters. The van der Waals surface area contributed by atoms with Crippen molar-refractivity contribution in [3.8, 4) is 0 Å². The number of oxime groups is 1. The standard InChI is InChI=1S/C11H13F2N3O2/c1-6(11(14)16-18)15-10(17)5-7-2-3-8(12)9(13)4-7/h2-4,6,18H,5H2,1H3,(H2,14,16)(H,15,17). The molecule has 0 radical (unpaired) electrons. The predicted octanol–water partition coefficient (Wildman–Crippen LogP) is 0.758. The number of hydrogen-bond acceptors (Lipinski definition) is 3. The van der Waals surface area contributed by atoms with Crippen LogP contribution in [0.3, 0.4) is 0 Å². The number of amidine groups is 1. The van der Waals surface area contributed by atoms with E-state index in [9.17, 15) is 13.6 Å². The van der Waals surface area contributed by atoms with Crippen molar-refractivity contribution in [3.63, 3.8) is 0 Å². The van der Waals surface area contributed by atoms with Gasteiger partial charge >= 0.3 is 0 Å². The van der Waals surface area contributed by atoms with Gasteiger partial charge in [0.25, 0.3) is 0 Å². The van der Waals surface area contributed by atoms with Crippen LogP contribution in [0.2, 0.25) is 0 Å². The molecule has 1 aromatic carbocycles. The molecule has 0 aliphatic rings. The average Bonchev–Trinajstić information content (AvgIpc) is 2.32. The summed E-state index contributed by atoms with van der Waals surface area (Å²) in [6.07, 6.45) is -0.125. The molecule has 5 nitrogen and oxygen atoms in total. The molecule has 1 atom stereocenters. The van der Waals surface area contributed by atoms with Crippen molar-refractivity contribution in [1.29, 1.82) is 0 Å². The second-order valence-corrected chi connectivity index (χ2v) is 3.74. The first-order valence-electron chi connectivity index (χ1n) is 5.14. The van der Waals surface area contributed by atoms with Gasteiger partial charge in [0.1, 0.15) is 0 Å². The maximum Gasteiger partial charge on any atom is 0.225 e. The molecule has 0 spiro atoms. The van der Waals surface area contributed by atoms with Crippen LogP contribution in [-0.4, -0.2) is 23.0 Å². The van der Waals surface area contributed by atoms with Gasteiger partial charge in [0.15, 0.2) is 17.5 Å². The Labute approximate surface area is 102 Å². The van der Waals surface area contributed by atoms with Crippen molar-refractivity contribution < 1.29 is 18.8 Å². The van der Waals surface area contributed by atoms with Crippen LogP contribution >= 0.6 is 0 Å². The van der Waals surface area contributed by atoms with Crippen LogP contribution in [-0.2, 0) is 11.2 Å². The fourth-order valence-corrected chi connectivity index (χ4v) is 1.29. The van der Waals surface area contributed by atoms with Crippen LogP contribution in [0, 0.1) is 11.6 Å². The predicted molar refractivity (Wildman–Crippen MR) is 61.1 cm³/mol. The van der Waals surface area contributed by atoms with Gasteiger partial charge < -0.3 is 16.3 Å². The number of rotatable bonds is 4. The average molecular weight is 257 g/mol. The minimum absolute atomic E-state index is 0.125. The highest BCUT2D eigenvalue weighted by Crippen LogP contribution is 2.09. The molecule has 1 amide bonds. The third-order valence-corrected chi connectivity index (χ3v) is 2.29. The number of carbonyl (C=O) groups excluding carboxylic acids is 1. The van der Waals surface area contributed by atoms with E-state index < -0.39 is 23.6 Å². The Morgan fingerprint density at radius 1 is 1.50 bits per heavy atom. The first-order chi connectivity index (χ1) is 8.43. The second kappa shape index (κ2) is 5.95. The Balaban J connectivity index is 2.62. The van der Waals surface area contributed by atoms with Crippen LogP contribution < -0.4 is 11.1 Å². The fourth-order valence-electron chi connectivity index (χ4n) is 1.29. The van der Waals surface area contributed by atoms with Crippen molar-refractivity contribution in [3.05, 3.63) is 35.4 Å². The summed E-state index contributed by atoms with van der Waals surface area (Å²) >= 11 is 0. The van der Waals surface area contributed by atoms with Crippen molar-refractivity contribution in [2.75, 3.05) is 0 Å². The molecule has 4 N–H and O–H groups in total. The maximum absolute atomic E-state index is 12.9. The molecule has 0 heterocycles. The summed E-state index contributed by atoms with van der Waals surface area (Å²) in [4.78, 5) is 11.5. The highest BCUT2D eigenvalue weighted by molar-refractivity contribution is 5.90. The normalized spacial score (nSPS) is 13.2. The molecule has 98 valence electrons. The monoisotopic (exact) mass is 257 g/mol. The van der Waals surface area contributed by atoms with Gasteiger partial charge in [-0.05, 0) is 24.6 Å². The Morgan fingerprint density at radius 3 is 2.72 bits per heavy atom. The van der Waals surface area contributed by atoms with Crippen LogP contribution in [0.4, 0.5) is 8.78 Å². The molecular formula is C11H13F2N3O2. The number of nitrogens with zero attached hydrogens (tertiary/aromatic N) is 1. The number of nitrogens with one attached hydrogen (secondary N) is 1. The van der Waals surface area contributed by atoms with Gasteiger partial charge in [0.2, 0.25) is 5.91 Å². The van der Waals surface area contributed by atoms with Gasteiger partial charge in [0, 0.05) is 0 Å². The largest absolute Gasteiger partial charge is 0.409 e. The van der Waals surface area contributed by atoms with Gasteiger partial charge in [-0.15, -0.1) is 0 Å². The zero-order valence-electron chi connectivity index (χ0n) is 9.65. The minimum atomic E-state index is -1.01. The molecule has 0 fully saturated rings. The van der Waals surface area contributed by atoms with Gasteiger partial charge in [-0.1, -0.05) is 11.2 Å². The van der Waals surface area contributed by atoms with Crippen molar-refractivity contribution >= 4 is 11.7 Å². The third kappa shape index (κ3) is 3.69. The summed E-state index contributed by atoms with van der Waals surface area (Å²) < 4.78 is 25.6. The summed E-state index contributed by atoms with van der Waals surface area (Å²) in [5.41, 5.74) is 5.61. The summed E-state index contributed by atoms with van der Waals surface area (Å²) in [5.74, 6) is -2.57. The van der Waals surface area contributed by atoms with E-state index in [1.54, 1.807) is 0 Å². The van der Waals surface area contributed by atoms with Crippen molar-refractivity contribution in [1.82, 2.24) is 5.32 Å². The molecule has 1 rings (SSSR count). The zero-order valence-corrected chi connectivity index (χ0v) is 9.65. The van der Waals surface area contributed by atoms with Gasteiger partial charge in [-0.25, -0.2) is 8.78 Å². The summed E-state index contributed by atoms with van der Waals surface area (Å²) in [5, 5.41) is 13.6. The van der Waals surface area contributed by atoms with E-state index in [4.69, 9.17) is 10.9 Å². The number of nitrogens with two attached hydrogens (primary N) is 1. The molecular weight excluding hydrogens is 244 g/mol. The lowest BCUT2D eigenvalue weighted by Gasteiger charge is -2.12. The molecule has 0 aromatic heterocycles. The van der Waals surface area contributed by atoms with E-state index in [0.29, 0.717) is 5.56 Å². The molecule has 7 heteroatoms. The molecule has 0 bridgehead atoms. The Hall–Kier alpha value is -2.18. The highest BCUT2D eigenvalue weighted by atomic mass is 19.2. The number of amides is 1. The van der Waals surface area contributed by atoms with Crippen LogP contribution in [0.15, 0.2) is 23.4 Å². The van der Waals surface area contributed by atoms with Gasteiger partial charge in [-0.3, -0.25) is 4.79 Å². The number of hydrogen-bond donors (Lipinski definition) is 3. The lowest BCUT2D eigenvalue weighted by Crippen LogP contribution is -2.43. The fraction of sp³-hybridized carbons (Fsp3) is 0.273.